The number of benzene rings is 9. The zero-order valence-electron chi connectivity index (χ0n) is 47.3. The van der Waals surface area contributed by atoms with Crippen LogP contribution >= 0.6 is 0 Å². The molecule has 0 unspecified atom stereocenters. The van der Waals surface area contributed by atoms with Crippen molar-refractivity contribution in [2.45, 2.75) is 112 Å². The van der Waals surface area contributed by atoms with Gasteiger partial charge in [0.25, 0.3) is 6.71 Å². The van der Waals surface area contributed by atoms with E-state index >= 15 is 0 Å². The van der Waals surface area contributed by atoms with Gasteiger partial charge in [-0.3, -0.25) is 0 Å². The molecule has 0 amide bonds. The average Bonchev–Trinajstić information content (AvgIpc) is 4.02. The summed E-state index contributed by atoms with van der Waals surface area (Å²) in [6.45, 7) is 30.0. The first-order valence-electron chi connectivity index (χ1n) is 27.6. The predicted octanol–water partition coefficient (Wildman–Crippen LogP) is 17.7. The molecule has 0 saturated heterocycles. The molecule has 77 heavy (non-hydrogen) atoms. The molecule has 3 aliphatic rings. The largest absolute Gasteiger partial charge is 0.454 e. The number of hydrogen-bond donors (Lipinski definition) is 0. The Morgan fingerprint density at radius 1 is 0.351 bits per heavy atom. The Bertz CT molecular complexity index is 3680. The van der Waals surface area contributed by atoms with Crippen LogP contribution in [0.5, 0.6) is 11.5 Å². The molecule has 9 aromatic rings. The van der Waals surface area contributed by atoms with E-state index in [9.17, 15) is 0 Å². The SMILES string of the molecule is Cc1cc2c3c(c1)N(c1cc4c(cc1-c1ccccc1)OCO4)c1ccc(C(C)(C)C)cc1B3c1ccc(-c3ccc(C(C)(C)C)cc3)cc1N2c1cc(-c2ccc(C(C)(C)C)cc2)cc(-c2ccc(C(C)(C)C)cc2)c1. The summed E-state index contributed by atoms with van der Waals surface area (Å²) in [6.07, 6.45) is 0. The summed E-state index contributed by atoms with van der Waals surface area (Å²) < 4.78 is 12.4. The molecule has 0 spiro atoms. The Balaban J connectivity index is 1.16. The van der Waals surface area contributed by atoms with Crippen LogP contribution in [0, 0.1) is 6.92 Å². The van der Waals surface area contributed by atoms with Gasteiger partial charge in [-0.15, -0.1) is 0 Å². The lowest BCUT2D eigenvalue weighted by Gasteiger charge is -2.45. The van der Waals surface area contributed by atoms with Crippen LogP contribution in [0.3, 0.4) is 0 Å². The lowest BCUT2D eigenvalue weighted by atomic mass is 9.33. The molecule has 0 N–H and O–H groups in total. The van der Waals surface area contributed by atoms with Gasteiger partial charge >= 0.3 is 0 Å². The molecule has 0 fully saturated rings. The summed E-state index contributed by atoms with van der Waals surface area (Å²) in [6, 6.07) is 69.5. The molecule has 0 saturated carbocycles. The smallest absolute Gasteiger partial charge is 0.252 e. The van der Waals surface area contributed by atoms with E-state index in [2.05, 4.69) is 282 Å². The number of hydrogen-bond acceptors (Lipinski definition) is 4. The summed E-state index contributed by atoms with van der Waals surface area (Å²) >= 11 is 0. The maximum Gasteiger partial charge on any atom is 0.252 e. The molecular formula is C72H71BN2O2. The molecule has 3 heterocycles. The van der Waals surface area contributed by atoms with Crippen LogP contribution in [0.4, 0.5) is 34.1 Å². The molecule has 0 atom stereocenters. The Morgan fingerprint density at radius 3 is 1.36 bits per heavy atom. The first-order valence-corrected chi connectivity index (χ1v) is 27.6. The number of rotatable bonds is 6. The van der Waals surface area contributed by atoms with Crippen LogP contribution in [-0.4, -0.2) is 13.5 Å². The molecule has 5 heteroatoms. The highest BCUT2D eigenvalue weighted by molar-refractivity contribution is 7.00. The molecule has 12 rings (SSSR count). The molecule has 0 aromatic heterocycles. The molecule has 3 aliphatic heterocycles. The first kappa shape index (κ1) is 50.1. The van der Waals surface area contributed by atoms with Gasteiger partial charge in [0.2, 0.25) is 6.79 Å². The zero-order valence-corrected chi connectivity index (χ0v) is 47.3. The Morgan fingerprint density at radius 2 is 0.831 bits per heavy atom. The lowest BCUT2D eigenvalue weighted by Crippen LogP contribution is -2.61. The number of ether oxygens (including phenoxy) is 2. The van der Waals surface area contributed by atoms with E-state index in [-0.39, 0.29) is 35.2 Å². The normalized spacial score (nSPS) is 13.9. The number of fused-ring (bicyclic) bond motifs is 5. The van der Waals surface area contributed by atoms with E-state index in [0.717, 1.165) is 45.4 Å². The topological polar surface area (TPSA) is 24.9 Å². The standard InChI is InChI=1S/C72H71BN2O2/c1-45-35-64-68-65(36-45)75(62-43-67-66(76-44-77-67)42-58(62)49-17-15-14-16-18-49)61-34-32-56(72(11,12)13)41-60(61)73(68)59-33-25-50(46-19-26-53(27-20-46)69(2,3)4)40-63(59)74(64)57-38-51(47-21-28-54(29-22-47)70(5,6)7)37-52(39-57)48-23-30-55(31-24-48)71(8,9)10/h14-43H,44H2,1-13H3. The average molecular weight is 1010 g/mol. The van der Waals surface area contributed by atoms with Crippen LogP contribution in [0.1, 0.15) is 111 Å². The zero-order chi connectivity index (χ0) is 53.9. The molecule has 9 aromatic carbocycles. The second-order valence-electron chi connectivity index (χ2n) is 26.0. The number of nitrogens with zero attached hydrogens (tertiary/aromatic N) is 2. The summed E-state index contributed by atoms with van der Waals surface area (Å²) in [4.78, 5) is 5.12. The van der Waals surface area contributed by atoms with Crippen molar-refractivity contribution < 1.29 is 9.47 Å². The third-order valence-corrected chi connectivity index (χ3v) is 16.3. The Hall–Kier alpha value is -7.76. The molecule has 0 aliphatic carbocycles. The van der Waals surface area contributed by atoms with Gasteiger partial charge in [-0.25, -0.2) is 0 Å². The van der Waals surface area contributed by atoms with Crippen LogP contribution in [0.2, 0.25) is 0 Å². The minimum Gasteiger partial charge on any atom is -0.454 e. The van der Waals surface area contributed by atoms with Crippen molar-refractivity contribution >= 4 is 57.2 Å². The van der Waals surface area contributed by atoms with Gasteiger partial charge in [-0.1, -0.05) is 210 Å². The van der Waals surface area contributed by atoms with Gasteiger partial charge in [0.05, 0.1) is 5.69 Å². The predicted molar refractivity (Wildman–Crippen MR) is 328 cm³/mol. The number of anilines is 6. The highest BCUT2D eigenvalue weighted by atomic mass is 16.7. The highest BCUT2D eigenvalue weighted by Gasteiger charge is 2.45. The van der Waals surface area contributed by atoms with Crippen molar-refractivity contribution in [3.05, 3.63) is 210 Å². The number of aryl methyl sites for hydroxylation is 1. The maximum absolute atomic E-state index is 6.24. The second kappa shape index (κ2) is 18.2. The monoisotopic (exact) mass is 1010 g/mol. The van der Waals surface area contributed by atoms with Crippen molar-refractivity contribution in [2.75, 3.05) is 16.6 Å². The van der Waals surface area contributed by atoms with Crippen LogP contribution in [0.15, 0.2) is 182 Å². The fraction of sp³-hybridized carbons (Fsp3) is 0.250. The van der Waals surface area contributed by atoms with Gasteiger partial charge < -0.3 is 19.3 Å². The molecule has 4 nitrogen and oxygen atoms in total. The van der Waals surface area contributed by atoms with Gasteiger partial charge in [0, 0.05) is 40.1 Å². The van der Waals surface area contributed by atoms with Crippen molar-refractivity contribution in [3.63, 3.8) is 0 Å². The van der Waals surface area contributed by atoms with Gasteiger partial charge in [0.15, 0.2) is 11.5 Å². The van der Waals surface area contributed by atoms with Crippen molar-refractivity contribution in [1.82, 2.24) is 0 Å². The summed E-state index contributed by atoms with van der Waals surface area (Å²) in [7, 11) is 0. The van der Waals surface area contributed by atoms with Crippen LogP contribution < -0.4 is 35.7 Å². The Kier molecular flexibility index (Phi) is 11.8. The van der Waals surface area contributed by atoms with E-state index in [1.807, 2.05) is 0 Å². The van der Waals surface area contributed by atoms with Crippen LogP contribution in [0.25, 0.3) is 44.5 Å². The van der Waals surface area contributed by atoms with Crippen molar-refractivity contribution in [2.24, 2.45) is 0 Å². The summed E-state index contributed by atoms with van der Waals surface area (Å²) in [5, 5.41) is 0. The summed E-state index contributed by atoms with van der Waals surface area (Å²) in [5.41, 5.74) is 26.4. The van der Waals surface area contributed by atoms with Crippen LogP contribution in [-0.2, 0) is 21.7 Å². The molecule has 0 bridgehead atoms. The van der Waals surface area contributed by atoms with Crippen molar-refractivity contribution in [1.29, 1.82) is 0 Å². The molecular weight excluding hydrogens is 936 g/mol. The van der Waals surface area contributed by atoms with E-state index in [4.69, 9.17) is 9.47 Å². The van der Waals surface area contributed by atoms with E-state index in [0.29, 0.717) is 0 Å². The van der Waals surface area contributed by atoms with E-state index < -0.39 is 0 Å². The third kappa shape index (κ3) is 9.02. The molecule has 0 radical (unpaired) electrons. The maximum atomic E-state index is 6.24. The lowest BCUT2D eigenvalue weighted by molar-refractivity contribution is 0.174. The second-order valence-corrected chi connectivity index (χ2v) is 26.0. The Labute approximate surface area is 458 Å². The van der Waals surface area contributed by atoms with Crippen molar-refractivity contribution in [3.8, 4) is 56.0 Å². The fourth-order valence-electron chi connectivity index (χ4n) is 11.8. The van der Waals surface area contributed by atoms with Gasteiger partial charge in [0.1, 0.15) is 0 Å². The van der Waals surface area contributed by atoms with E-state index in [1.165, 1.54) is 89.0 Å². The van der Waals surface area contributed by atoms with Gasteiger partial charge in [-0.2, -0.15) is 0 Å². The first-order chi connectivity index (χ1) is 36.6. The van der Waals surface area contributed by atoms with E-state index in [1.54, 1.807) is 0 Å². The third-order valence-electron chi connectivity index (χ3n) is 16.3. The minimum absolute atomic E-state index is 0.0338. The fourth-order valence-corrected chi connectivity index (χ4v) is 11.8. The van der Waals surface area contributed by atoms with Gasteiger partial charge in [-0.05, 0) is 160 Å². The summed E-state index contributed by atoms with van der Waals surface area (Å²) in [5.74, 6) is 1.51. The minimum atomic E-state index is -0.0934. The quantitative estimate of drug-likeness (QED) is 0.155. The highest BCUT2D eigenvalue weighted by Crippen LogP contribution is 2.51. The molecule has 384 valence electrons.